The summed E-state index contributed by atoms with van der Waals surface area (Å²) in [5.41, 5.74) is 6.34. The topological polar surface area (TPSA) is 225 Å². The van der Waals surface area contributed by atoms with Gasteiger partial charge in [0.2, 0.25) is 23.6 Å². The Kier molecular flexibility index (Phi) is 11.7. The molecule has 1 heterocycles. The van der Waals surface area contributed by atoms with Crippen molar-refractivity contribution in [1.82, 2.24) is 26.3 Å². The van der Waals surface area contributed by atoms with E-state index in [9.17, 15) is 33.9 Å². The highest BCUT2D eigenvalue weighted by Gasteiger charge is 2.37. The Balaban J connectivity index is 1.79. The molecular weight excluding hydrogens is 618 g/mol. The molecule has 15 heteroatoms. The number of urea groups is 1. The van der Waals surface area contributed by atoms with Gasteiger partial charge in [0.15, 0.2) is 0 Å². The van der Waals surface area contributed by atoms with Gasteiger partial charge >= 0.3 is 12.0 Å². The maximum atomic E-state index is 13.7. The summed E-state index contributed by atoms with van der Waals surface area (Å²) in [7, 11) is 0. The molecule has 46 heavy (non-hydrogen) atoms. The number of carbonyl (C=O) groups excluding carboxylic acids is 5. The number of carboxylic acid groups (broad SMARTS) is 1. The van der Waals surface area contributed by atoms with Crippen LogP contribution in [0.15, 0.2) is 54.7 Å². The predicted molar refractivity (Wildman–Crippen MR) is 172 cm³/mol. The van der Waals surface area contributed by atoms with E-state index >= 15 is 0 Å². The fraction of sp³-hybridized carbons (Fsp3) is 0.355. The average molecular weight is 656 g/mol. The summed E-state index contributed by atoms with van der Waals surface area (Å²) in [5, 5.41) is 23.2. The number of anilines is 1. The quantitative estimate of drug-likeness (QED) is 0.137. The van der Waals surface area contributed by atoms with Crippen LogP contribution >= 0.6 is 11.6 Å². The van der Waals surface area contributed by atoms with Gasteiger partial charge in [-0.05, 0) is 48.2 Å². The third-order valence-corrected chi connectivity index (χ3v) is 7.28. The average Bonchev–Trinajstić information content (AvgIpc) is 3.37. The summed E-state index contributed by atoms with van der Waals surface area (Å²) >= 11 is 5.87. The fourth-order valence-electron chi connectivity index (χ4n) is 4.56. The number of H-pyrrole nitrogens is 1. The van der Waals surface area contributed by atoms with Crippen LogP contribution in [-0.2, 0) is 30.4 Å². The normalized spacial score (nSPS) is 13.8. The Morgan fingerprint density at radius 2 is 1.50 bits per heavy atom. The molecule has 4 unspecified atom stereocenters. The molecular formula is C31H38ClN7O7. The lowest BCUT2D eigenvalue weighted by molar-refractivity contribution is -0.140. The maximum Gasteiger partial charge on any atom is 0.319 e. The van der Waals surface area contributed by atoms with Crippen molar-refractivity contribution in [2.75, 3.05) is 5.32 Å². The van der Waals surface area contributed by atoms with Crippen molar-refractivity contribution in [3.05, 3.63) is 65.3 Å². The molecule has 0 fully saturated rings. The van der Waals surface area contributed by atoms with Crippen molar-refractivity contribution < 1.29 is 33.9 Å². The monoisotopic (exact) mass is 655 g/mol. The number of amides is 6. The summed E-state index contributed by atoms with van der Waals surface area (Å²) in [6.45, 7) is 6.54. The maximum absolute atomic E-state index is 13.7. The lowest BCUT2D eigenvalue weighted by Gasteiger charge is -2.32. The van der Waals surface area contributed by atoms with Gasteiger partial charge in [-0.1, -0.05) is 50.6 Å². The smallest absolute Gasteiger partial charge is 0.319 e. The van der Waals surface area contributed by atoms with E-state index < -0.39 is 71.6 Å². The molecule has 0 bridgehead atoms. The molecule has 0 aliphatic carbocycles. The number of hydrogen-bond acceptors (Lipinski definition) is 6. The van der Waals surface area contributed by atoms with E-state index in [1.807, 2.05) is 18.2 Å². The molecule has 3 rings (SSSR count). The number of halogens is 1. The van der Waals surface area contributed by atoms with E-state index in [4.69, 9.17) is 17.3 Å². The van der Waals surface area contributed by atoms with Crippen molar-refractivity contribution in [3.8, 4) is 0 Å². The number of hydrogen-bond donors (Lipinski definition) is 8. The van der Waals surface area contributed by atoms with Crippen LogP contribution in [0.3, 0.4) is 0 Å². The van der Waals surface area contributed by atoms with Crippen LogP contribution in [0.1, 0.15) is 39.7 Å². The second-order valence-electron chi connectivity index (χ2n) is 11.8. The molecule has 0 aliphatic heterocycles. The van der Waals surface area contributed by atoms with E-state index in [0.29, 0.717) is 16.3 Å². The second-order valence-corrected chi connectivity index (χ2v) is 12.3. The van der Waals surface area contributed by atoms with Crippen molar-refractivity contribution in [1.29, 1.82) is 0 Å². The first-order valence-corrected chi connectivity index (χ1v) is 14.7. The zero-order valence-electron chi connectivity index (χ0n) is 25.8. The van der Waals surface area contributed by atoms with Crippen molar-refractivity contribution in [2.45, 2.75) is 64.7 Å². The number of benzene rings is 2. The highest BCUT2D eigenvalue weighted by molar-refractivity contribution is 6.30. The predicted octanol–water partition coefficient (Wildman–Crippen LogP) is 2.03. The highest BCUT2D eigenvalue weighted by atomic mass is 35.5. The first kappa shape index (κ1) is 35.4. The number of aromatic nitrogens is 1. The molecule has 4 atom stereocenters. The molecule has 3 aromatic rings. The Bertz CT molecular complexity index is 1600. The number of aliphatic carboxylic acids is 1. The Hall–Kier alpha value is -5.11. The molecule has 0 aliphatic rings. The van der Waals surface area contributed by atoms with E-state index in [1.165, 1.54) is 6.92 Å². The van der Waals surface area contributed by atoms with Crippen molar-refractivity contribution >= 4 is 63.8 Å². The summed E-state index contributed by atoms with van der Waals surface area (Å²) in [4.78, 5) is 79.0. The van der Waals surface area contributed by atoms with Gasteiger partial charge in [0.25, 0.3) is 0 Å². The Morgan fingerprint density at radius 3 is 2.11 bits per heavy atom. The van der Waals surface area contributed by atoms with Crippen LogP contribution in [0.5, 0.6) is 0 Å². The third-order valence-electron chi connectivity index (χ3n) is 7.03. The summed E-state index contributed by atoms with van der Waals surface area (Å²) in [6, 6.07) is 7.89. The minimum Gasteiger partial charge on any atom is -0.481 e. The van der Waals surface area contributed by atoms with Gasteiger partial charge in [-0.3, -0.25) is 24.0 Å². The number of fused-ring (bicyclic) bond motifs is 1. The number of rotatable bonds is 13. The number of carboxylic acids is 1. The molecule has 14 nitrogen and oxygen atoms in total. The van der Waals surface area contributed by atoms with Gasteiger partial charge in [-0.2, -0.15) is 0 Å². The molecule has 2 aromatic carbocycles. The summed E-state index contributed by atoms with van der Waals surface area (Å²) < 4.78 is 0. The first-order valence-electron chi connectivity index (χ1n) is 14.4. The molecule has 6 amide bonds. The van der Waals surface area contributed by atoms with Crippen LogP contribution in [0.2, 0.25) is 5.02 Å². The van der Waals surface area contributed by atoms with Gasteiger partial charge in [0, 0.05) is 34.2 Å². The van der Waals surface area contributed by atoms with Crippen LogP contribution in [0.4, 0.5) is 10.5 Å². The van der Waals surface area contributed by atoms with E-state index in [2.05, 4.69) is 31.6 Å². The first-order chi connectivity index (χ1) is 21.5. The lowest BCUT2D eigenvalue weighted by Crippen LogP contribution is -2.61. The van der Waals surface area contributed by atoms with Gasteiger partial charge in [0.1, 0.15) is 24.2 Å². The Labute approximate surface area is 270 Å². The van der Waals surface area contributed by atoms with Gasteiger partial charge in [0.05, 0.1) is 6.42 Å². The SMILES string of the molecule is CC(NC(=O)Nc1ccc(Cl)cc1)C(=O)NC(C(=O)NC(Cc1c[nH]c2ccccc12)C(=O)NC(CC(=O)O)C(N)=O)C(C)(C)C. The molecule has 0 saturated carbocycles. The number of nitrogens with two attached hydrogens (primary N) is 1. The fourth-order valence-corrected chi connectivity index (χ4v) is 4.69. The van der Waals surface area contributed by atoms with Crippen LogP contribution in [-0.4, -0.2) is 69.9 Å². The van der Waals surface area contributed by atoms with Crippen LogP contribution < -0.4 is 32.3 Å². The third kappa shape index (κ3) is 9.95. The van der Waals surface area contributed by atoms with E-state index in [0.717, 1.165) is 10.9 Å². The minimum atomic E-state index is -1.53. The van der Waals surface area contributed by atoms with Gasteiger partial charge in [-0.15, -0.1) is 0 Å². The number of aromatic amines is 1. The number of carbonyl (C=O) groups is 6. The van der Waals surface area contributed by atoms with Crippen molar-refractivity contribution in [2.24, 2.45) is 11.1 Å². The van der Waals surface area contributed by atoms with Gasteiger partial charge < -0.3 is 42.4 Å². The molecule has 0 radical (unpaired) electrons. The van der Waals surface area contributed by atoms with Crippen LogP contribution in [0.25, 0.3) is 10.9 Å². The molecule has 246 valence electrons. The Morgan fingerprint density at radius 1 is 0.870 bits per heavy atom. The number of primary amides is 1. The zero-order chi connectivity index (χ0) is 34.2. The highest BCUT2D eigenvalue weighted by Crippen LogP contribution is 2.22. The zero-order valence-corrected chi connectivity index (χ0v) is 26.5. The largest absolute Gasteiger partial charge is 0.481 e. The number of para-hydroxylation sites is 1. The van der Waals surface area contributed by atoms with Crippen LogP contribution in [0, 0.1) is 5.41 Å². The molecule has 9 N–H and O–H groups in total. The molecule has 0 saturated heterocycles. The molecule has 1 aromatic heterocycles. The lowest BCUT2D eigenvalue weighted by atomic mass is 9.85. The second kappa shape index (κ2) is 15.3. The van der Waals surface area contributed by atoms with Gasteiger partial charge in [-0.25, -0.2) is 4.79 Å². The standard InChI is InChI=1S/C31H38ClN7O7/c1-16(35-30(46)36-19-11-9-18(32)10-12-19)27(43)39-25(31(2,3)4)29(45)38-23(28(44)37-22(26(33)42)14-24(40)41)13-17-15-34-21-8-6-5-7-20(17)21/h5-12,15-16,22-23,25,34H,13-14H2,1-4H3,(H2,33,42)(H,37,44)(H,38,45)(H,39,43)(H,40,41)(H2,35,36,46). The number of nitrogens with one attached hydrogen (secondary N) is 6. The summed E-state index contributed by atoms with van der Waals surface area (Å²) in [6.07, 6.45) is 0.866. The van der Waals surface area contributed by atoms with Crippen molar-refractivity contribution in [3.63, 3.8) is 0 Å². The summed E-state index contributed by atoms with van der Waals surface area (Å²) in [5.74, 6) is -4.67. The molecule has 0 spiro atoms. The minimum absolute atomic E-state index is 0.0478. The van der Waals surface area contributed by atoms with E-state index in [-0.39, 0.29) is 6.42 Å². The van der Waals surface area contributed by atoms with E-state index in [1.54, 1.807) is 57.3 Å².